The molecule has 0 saturated carbocycles. The average Bonchev–Trinajstić information content (AvgIpc) is 2.71. The van der Waals surface area contributed by atoms with Crippen LogP contribution in [0, 0.1) is 10.1 Å². The lowest BCUT2D eigenvalue weighted by Crippen LogP contribution is -2.10. The summed E-state index contributed by atoms with van der Waals surface area (Å²) in [6, 6.07) is 12.0. The number of halogens is 3. The van der Waals surface area contributed by atoms with Crippen molar-refractivity contribution in [2.45, 2.75) is 12.7 Å². The van der Waals surface area contributed by atoms with Crippen LogP contribution in [0.3, 0.4) is 0 Å². The van der Waals surface area contributed by atoms with Crippen LogP contribution in [-0.2, 0) is 12.7 Å². The average molecular weight is 415 g/mol. The van der Waals surface area contributed by atoms with Gasteiger partial charge in [0, 0.05) is 12.6 Å². The van der Waals surface area contributed by atoms with Crippen molar-refractivity contribution < 1.29 is 22.5 Å². The molecule has 2 heterocycles. The third kappa shape index (κ3) is 3.54. The van der Waals surface area contributed by atoms with Crippen molar-refractivity contribution >= 4 is 33.6 Å². The minimum Gasteiger partial charge on any atom is -0.437 e. The Balaban J connectivity index is 1.76. The van der Waals surface area contributed by atoms with E-state index in [-0.39, 0.29) is 40.0 Å². The number of aromatic nitrogens is 1. The van der Waals surface area contributed by atoms with Gasteiger partial charge in [-0.15, -0.1) is 0 Å². The molecule has 30 heavy (non-hydrogen) atoms. The van der Waals surface area contributed by atoms with E-state index < -0.39 is 27.8 Å². The van der Waals surface area contributed by atoms with Crippen LogP contribution in [0.1, 0.15) is 11.1 Å². The number of nitro groups is 1. The Hall–Kier alpha value is -3.95. The van der Waals surface area contributed by atoms with E-state index in [9.17, 15) is 28.1 Å². The van der Waals surface area contributed by atoms with Gasteiger partial charge in [0.15, 0.2) is 0 Å². The van der Waals surface area contributed by atoms with Gasteiger partial charge in [-0.05, 0) is 29.8 Å². The molecular formula is C20H12F3N3O4. The lowest BCUT2D eigenvalue weighted by Gasteiger charge is -2.10. The number of nitrogens with zero attached hydrogens (tertiary/aromatic N) is 2. The van der Waals surface area contributed by atoms with Crippen molar-refractivity contribution in [3.8, 4) is 0 Å². The molecule has 2 aromatic heterocycles. The van der Waals surface area contributed by atoms with Gasteiger partial charge in [-0.2, -0.15) is 18.2 Å². The largest absolute Gasteiger partial charge is 0.437 e. The number of benzene rings is 2. The molecule has 0 aliphatic carbocycles. The summed E-state index contributed by atoms with van der Waals surface area (Å²) >= 11 is 0. The first kappa shape index (κ1) is 19.4. The summed E-state index contributed by atoms with van der Waals surface area (Å²) < 4.78 is 44.2. The highest BCUT2D eigenvalue weighted by atomic mass is 19.4. The molecule has 0 aliphatic rings. The summed E-state index contributed by atoms with van der Waals surface area (Å²) in [6.45, 7) is -0.152. The lowest BCUT2D eigenvalue weighted by molar-refractivity contribution is -0.384. The van der Waals surface area contributed by atoms with E-state index >= 15 is 0 Å². The Morgan fingerprint density at radius 1 is 1.07 bits per heavy atom. The molecule has 0 spiro atoms. The highest BCUT2D eigenvalue weighted by Gasteiger charge is 2.30. The van der Waals surface area contributed by atoms with Crippen molar-refractivity contribution in [3.63, 3.8) is 0 Å². The van der Waals surface area contributed by atoms with Crippen LogP contribution in [0.2, 0.25) is 0 Å². The molecule has 4 rings (SSSR count). The molecule has 0 fully saturated rings. The predicted molar refractivity (Wildman–Crippen MR) is 103 cm³/mol. The maximum absolute atomic E-state index is 12.9. The van der Waals surface area contributed by atoms with E-state index in [1.54, 1.807) is 18.2 Å². The molecule has 7 nitrogen and oxygen atoms in total. The highest BCUT2D eigenvalue weighted by molar-refractivity contribution is 5.90. The number of pyridine rings is 1. The van der Waals surface area contributed by atoms with Crippen LogP contribution in [-0.4, -0.2) is 9.91 Å². The van der Waals surface area contributed by atoms with Crippen molar-refractivity contribution in [2.24, 2.45) is 0 Å². The summed E-state index contributed by atoms with van der Waals surface area (Å²) in [5, 5.41) is 14.3. The first-order valence-corrected chi connectivity index (χ1v) is 8.65. The van der Waals surface area contributed by atoms with E-state index in [2.05, 4.69) is 10.3 Å². The molecule has 1 N–H and O–H groups in total. The fourth-order valence-corrected chi connectivity index (χ4v) is 3.03. The molecular weight excluding hydrogens is 403 g/mol. The molecule has 0 bridgehead atoms. The number of para-hydroxylation sites is 1. The third-order valence-corrected chi connectivity index (χ3v) is 4.46. The smallest absolute Gasteiger partial charge is 0.416 e. The van der Waals surface area contributed by atoms with Gasteiger partial charge in [-0.25, -0.2) is 0 Å². The molecule has 152 valence electrons. The number of alkyl halides is 3. The van der Waals surface area contributed by atoms with Gasteiger partial charge < -0.3 is 9.73 Å². The minimum absolute atomic E-state index is 0.0648. The van der Waals surface area contributed by atoms with Gasteiger partial charge in [0.05, 0.1) is 21.3 Å². The third-order valence-electron chi connectivity index (χ3n) is 4.46. The quantitative estimate of drug-likeness (QED) is 0.290. The standard InChI is InChI=1S/C20H12F3N3O4/c21-20(22,23)12-5-3-4-11(8-12)10-24-18-15(26(28)29)9-14-17(27)13-6-1-2-7-16(13)30-19(14)25-18/h1-9H,10H2,(H,24,25). The van der Waals surface area contributed by atoms with Crippen LogP contribution < -0.4 is 10.7 Å². The van der Waals surface area contributed by atoms with Gasteiger partial charge in [-0.1, -0.05) is 24.3 Å². The lowest BCUT2D eigenvalue weighted by atomic mass is 10.1. The molecule has 0 aliphatic heterocycles. The monoisotopic (exact) mass is 415 g/mol. The van der Waals surface area contributed by atoms with Crippen LogP contribution in [0.25, 0.3) is 22.1 Å². The Labute approximate surface area is 165 Å². The van der Waals surface area contributed by atoms with Crippen molar-refractivity contribution in [3.05, 3.63) is 86.1 Å². The summed E-state index contributed by atoms with van der Waals surface area (Å²) in [4.78, 5) is 27.4. The number of fused-ring (bicyclic) bond motifs is 2. The van der Waals surface area contributed by atoms with Crippen LogP contribution in [0.4, 0.5) is 24.7 Å². The molecule has 2 aromatic carbocycles. The normalized spacial score (nSPS) is 11.7. The first-order valence-electron chi connectivity index (χ1n) is 8.65. The Bertz CT molecular complexity index is 1350. The first-order chi connectivity index (χ1) is 14.2. The van der Waals surface area contributed by atoms with E-state index in [1.165, 1.54) is 18.2 Å². The maximum Gasteiger partial charge on any atom is 0.416 e. The molecule has 0 radical (unpaired) electrons. The molecule has 0 amide bonds. The van der Waals surface area contributed by atoms with Crippen molar-refractivity contribution in [1.29, 1.82) is 0 Å². The Morgan fingerprint density at radius 3 is 2.57 bits per heavy atom. The van der Waals surface area contributed by atoms with Gasteiger partial charge in [0.1, 0.15) is 5.58 Å². The molecule has 0 saturated heterocycles. The van der Waals surface area contributed by atoms with Gasteiger partial charge in [0.2, 0.25) is 17.0 Å². The summed E-state index contributed by atoms with van der Waals surface area (Å²) in [5.41, 5.74) is -1.39. The predicted octanol–water partition coefficient (Wildman–Crippen LogP) is 4.88. The van der Waals surface area contributed by atoms with E-state index in [0.717, 1.165) is 18.2 Å². The number of rotatable bonds is 4. The topological polar surface area (TPSA) is 98.3 Å². The van der Waals surface area contributed by atoms with E-state index in [0.29, 0.717) is 0 Å². The van der Waals surface area contributed by atoms with Crippen LogP contribution in [0.15, 0.2) is 63.8 Å². The molecule has 0 atom stereocenters. The Morgan fingerprint density at radius 2 is 1.83 bits per heavy atom. The summed E-state index contributed by atoms with van der Waals surface area (Å²) in [6.07, 6.45) is -4.51. The highest BCUT2D eigenvalue weighted by Crippen LogP contribution is 2.31. The van der Waals surface area contributed by atoms with Crippen molar-refractivity contribution in [2.75, 3.05) is 5.32 Å². The molecule has 0 unspecified atom stereocenters. The summed E-state index contributed by atoms with van der Waals surface area (Å²) in [7, 11) is 0. The fourth-order valence-electron chi connectivity index (χ4n) is 3.03. The van der Waals surface area contributed by atoms with E-state index in [1.807, 2.05) is 0 Å². The Kier molecular flexibility index (Phi) is 4.61. The number of hydrogen-bond acceptors (Lipinski definition) is 6. The van der Waals surface area contributed by atoms with E-state index in [4.69, 9.17) is 4.42 Å². The second kappa shape index (κ2) is 7.14. The zero-order valence-electron chi connectivity index (χ0n) is 15.1. The molecule has 10 heteroatoms. The maximum atomic E-state index is 12.9. The number of hydrogen-bond donors (Lipinski definition) is 1. The fraction of sp³-hybridized carbons (Fsp3) is 0.100. The van der Waals surface area contributed by atoms with Gasteiger partial charge in [0.25, 0.3) is 0 Å². The number of anilines is 1. The minimum atomic E-state index is -4.51. The van der Waals surface area contributed by atoms with Crippen LogP contribution in [0.5, 0.6) is 0 Å². The number of nitrogens with one attached hydrogen (secondary N) is 1. The van der Waals surface area contributed by atoms with Crippen molar-refractivity contribution in [1.82, 2.24) is 4.98 Å². The zero-order chi connectivity index (χ0) is 21.5. The zero-order valence-corrected chi connectivity index (χ0v) is 15.1. The van der Waals surface area contributed by atoms with Crippen LogP contribution >= 0.6 is 0 Å². The summed E-state index contributed by atoms with van der Waals surface area (Å²) in [5.74, 6) is -0.219. The van der Waals surface area contributed by atoms with Gasteiger partial charge >= 0.3 is 11.9 Å². The molecule has 4 aromatic rings. The van der Waals surface area contributed by atoms with Gasteiger partial charge in [-0.3, -0.25) is 14.9 Å². The second-order valence-corrected chi connectivity index (χ2v) is 6.44. The SMILES string of the molecule is O=c1c2ccccc2oc2nc(NCc3cccc(C(F)(F)F)c3)c([N+](=O)[O-])cc12. The second-order valence-electron chi connectivity index (χ2n) is 6.44.